The minimum absolute atomic E-state index is 0.203. The van der Waals surface area contributed by atoms with Gasteiger partial charge in [-0.05, 0) is 12.1 Å². The van der Waals surface area contributed by atoms with Gasteiger partial charge in [0.05, 0.1) is 24.6 Å². The van der Waals surface area contributed by atoms with Crippen molar-refractivity contribution in [2.45, 2.75) is 13.0 Å². The summed E-state index contributed by atoms with van der Waals surface area (Å²) in [6, 6.07) is 3.65. The quantitative estimate of drug-likeness (QED) is 0.468. The number of thiazole rings is 1. The van der Waals surface area contributed by atoms with E-state index in [1.54, 1.807) is 30.1 Å². The van der Waals surface area contributed by atoms with Crippen LogP contribution in [0.5, 0.6) is 5.88 Å². The molecular weight excluding hydrogens is 390 g/mol. The van der Waals surface area contributed by atoms with Crippen LogP contribution in [0, 0.1) is 5.41 Å². The fraction of sp³-hybridized carbons (Fsp3) is 0.211. The zero-order valence-electron chi connectivity index (χ0n) is 15.9. The number of rotatable bonds is 6. The fourth-order valence-electron chi connectivity index (χ4n) is 3.25. The maximum Gasteiger partial charge on any atom is 0.291 e. The first-order valence-corrected chi connectivity index (χ1v) is 9.62. The van der Waals surface area contributed by atoms with Crippen LogP contribution in [0.15, 0.2) is 41.1 Å². The van der Waals surface area contributed by atoms with Gasteiger partial charge in [0.25, 0.3) is 5.56 Å². The number of aromatic nitrogens is 5. The molecule has 0 saturated heterocycles. The van der Waals surface area contributed by atoms with Crippen LogP contribution in [-0.2, 0) is 20.0 Å². The second-order valence-corrected chi connectivity index (χ2v) is 7.53. The Kier molecular flexibility index (Phi) is 4.85. The molecule has 0 spiro atoms. The van der Waals surface area contributed by atoms with E-state index in [4.69, 9.17) is 15.9 Å². The van der Waals surface area contributed by atoms with E-state index in [0.717, 1.165) is 32.5 Å². The van der Waals surface area contributed by atoms with E-state index in [1.807, 2.05) is 13.1 Å². The van der Waals surface area contributed by atoms with Crippen LogP contribution in [0.3, 0.4) is 0 Å². The van der Waals surface area contributed by atoms with E-state index in [2.05, 4.69) is 15.1 Å². The van der Waals surface area contributed by atoms with Gasteiger partial charge < -0.3 is 20.4 Å². The SMILES string of the molecule is COc1ncccc1Cn1ncc2c3sc(CC(N)=CC=N)nc3n(C)c2c1=O. The van der Waals surface area contributed by atoms with Gasteiger partial charge in [-0.2, -0.15) is 5.10 Å². The van der Waals surface area contributed by atoms with Crippen molar-refractivity contribution in [2.75, 3.05) is 7.11 Å². The van der Waals surface area contributed by atoms with Gasteiger partial charge in [0.2, 0.25) is 5.88 Å². The van der Waals surface area contributed by atoms with Crippen LogP contribution in [0.4, 0.5) is 0 Å². The van der Waals surface area contributed by atoms with Gasteiger partial charge in [-0.15, -0.1) is 11.3 Å². The molecule has 0 atom stereocenters. The highest BCUT2D eigenvalue weighted by Crippen LogP contribution is 2.31. The minimum Gasteiger partial charge on any atom is -0.481 e. The summed E-state index contributed by atoms with van der Waals surface area (Å²) in [6.07, 6.45) is 6.49. The Labute approximate surface area is 169 Å². The molecule has 0 unspecified atom stereocenters. The summed E-state index contributed by atoms with van der Waals surface area (Å²) in [4.78, 5) is 21.9. The second kappa shape index (κ2) is 7.47. The maximum atomic E-state index is 13.1. The fourth-order valence-corrected chi connectivity index (χ4v) is 4.39. The molecule has 0 aliphatic heterocycles. The van der Waals surface area contributed by atoms with E-state index >= 15 is 0 Å². The van der Waals surface area contributed by atoms with E-state index in [9.17, 15) is 4.79 Å². The Hall–Kier alpha value is -3.53. The van der Waals surface area contributed by atoms with Crippen LogP contribution >= 0.6 is 11.3 Å². The molecule has 0 radical (unpaired) electrons. The molecular formula is C19H19N7O2S. The Morgan fingerprint density at radius 2 is 2.28 bits per heavy atom. The molecule has 0 amide bonds. The molecule has 0 saturated carbocycles. The number of methoxy groups -OCH3 is 1. The zero-order chi connectivity index (χ0) is 20.5. The number of hydrogen-bond donors (Lipinski definition) is 2. The Balaban J connectivity index is 1.79. The second-order valence-electron chi connectivity index (χ2n) is 6.45. The third kappa shape index (κ3) is 3.27. The lowest BCUT2D eigenvalue weighted by Crippen LogP contribution is -2.24. The largest absolute Gasteiger partial charge is 0.481 e. The average molecular weight is 409 g/mol. The number of allylic oxidation sites excluding steroid dienone is 2. The van der Waals surface area contributed by atoms with Crippen molar-refractivity contribution in [3.8, 4) is 5.88 Å². The molecule has 10 heteroatoms. The number of fused-ring (bicyclic) bond motifs is 3. The molecule has 4 rings (SSSR count). The van der Waals surface area contributed by atoms with Crippen LogP contribution in [0.25, 0.3) is 21.3 Å². The summed E-state index contributed by atoms with van der Waals surface area (Å²) >= 11 is 1.48. The maximum absolute atomic E-state index is 13.1. The first-order chi connectivity index (χ1) is 14.0. The molecule has 0 aromatic carbocycles. The predicted molar refractivity (Wildman–Crippen MR) is 113 cm³/mol. The Morgan fingerprint density at radius 1 is 1.45 bits per heavy atom. The molecule has 4 aromatic heterocycles. The lowest BCUT2D eigenvalue weighted by Gasteiger charge is -2.08. The average Bonchev–Trinajstić information content (AvgIpc) is 3.23. The molecule has 9 nitrogen and oxygen atoms in total. The third-order valence-electron chi connectivity index (χ3n) is 4.59. The number of hydrogen-bond acceptors (Lipinski definition) is 8. The molecule has 0 bridgehead atoms. The topological polar surface area (TPSA) is 125 Å². The Bertz CT molecular complexity index is 1320. The zero-order valence-corrected chi connectivity index (χ0v) is 16.7. The van der Waals surface area contributed by atoms with E-state index in [1.165, 1.54) is 22.1 Å². The van der Waals surface area contributed by atoms with Crippen molar-refractivity contribution in [3.63, 3.8) is 0 Å². The first-order valence-electron chi connectivity index (χ1n) is 8.80. The Morgan fingerprint density at radius 3 is 3.03 bits per heavy atom. The minimum atomic E-state index is -0.203. The highest BCUT2D eigenvalue weighted by molar-refractivity contribution is 7.19. The molecule has 4 aromatic rings. The molecule has 3 N–H and O–H groups in total. The van der Waals surface area contributed by atoms with Crippen LogP contribution in [0.1, 0.15) is 10.6 Å². The van der Waals surface area contributed by atoms with Crippen molar-refractivity contribution in [1.29, 1.82) is 5.41 Å². The van der Waals surface area contributed by atoms with Gasteiger partial charge >= 0.3 is 0 Å². The lowest BCUT2D eigenvalue weighted by atomic mass is 10.2. The van der Waals surface area contributed by atoms with Gasteiger partial charge in [0.15, 0.2) is 5.65 Å². The van der Waals surface area contributed by atoms with E-state index in [-0.39, 0.29) is 12.1 Å². The standard InChI is InChI=1S/C19H19N7O2S/c1-25-15-13(16-17(25)24-14(29-16)8-12(21)5-6-20)9-23-26(19(15)27)10-11-4-3-7-22-18(11)28-2/h3-7,9,20H,8,10,21H2,1-2H3. The van der Waals surface area contributed by atoms with Gasteiger partial charge in [0, 0.05) is 42.5 Å². The van der Waals surface area contributed by atoms with Gasteiger partial charge in [0.1, 0.15) is 10.5 Å². The summed E-state index contributed by atoms with van der Waals surface area (Å²) < 4.78 is 9.36. The van der Waals surface area contributed by atoms with Gasteiger partial charge in [-0.1, -0.05) is 6.07 Å². The molecule has 0 aliphatic carbocycles. The summed E-state index contributed by atoms with van der Waals surface area (Å²) in [6.45, 7) is 0.258. The summed E-state index contributed by atoms with van der Waals surface area (Å²) in [5.74, 6) is 0.469. The lowest BCUT2D eigenvalue weighted by molar-refractivity contribution is 0.389. The molecule has 4 heterocycles. The molecule has 0 aliphatic rings. The third-order valence-corrected chi connectivity index (χ3v) is 5.66. The number of aryl methyl sites for hydroxylation is 1. The van der Waals surface area contributed by atoms with E-state index < -0.39 is 0 Å². The van der Waals surface area contributed by atoms with Gasteiger partial charge in [-0.3, -0.25) is 4.79 Å². The van der Waals surface area contributed by atoms with Crippen LogP contribution < -0.4 is 16.0 Å². The van der Waals surface area contributed by atoms with E-state index in [0.29, 0.717) is 23.5 Å². The van der Waals surface area contributed by atoms with Gasteiger partial charge in [-0.25, -0.2) is 14.6 Å². The smallest absolute Gasteiger partial charge is 0.291 e. The van der Waals surface area contributed by atoms with Crippen molar-refractivity contribution >= 4 is 38.8 Å². The van der Waals surface area contributed by atoms with Crippen molar-refractivity contribution in [3.05, 3.63) is 57.2 Å². The van der Waals surface area contributed by atoms with Crippen molar-refractivity contribution < 1.29 is 4.74 Å². The van der Waals surface area contributed by atoms with Crippen molar-refractivity contribution in [1.82, 2.24) is 24.3 Å². The molecule has 29 heavy (non-hydrogen) atoms. The number of nitrogens with two attached hydrogens (primary N) is 1. The van der Waals surface area contributed by atoms with Crippen LogP contribution in [-0.4, -0.2) is 37.6 Å². The highest BCUT2D eigenvalue weighted by Gasteiger charge is 2.19. The predicted octanol–water partition coefficient (Wildman–Crippen LogP) is 1.83. The van der Waals surface area contributed by atoms with Crippen LogP contribution in [0.2, 0.25) is 0 Å². The number of nitrogens with one attached hydrogen (secondary N) is 1. The first kappa shape index (κ1) is 18.8. The van der Waals surface area contributed by atoms with Crippen molar-refractivity contribution in [2.24, 2.45) is 12.8 Å². The number of nitrogens with zero attached hydrogens (tertiary/aromatic N) is 5. The summed E-state index contributed by atoms with van der Waals surface area (Å²) in [7, 11) is 3.37. The number of ether oxygens (including phenoxy) is 1. The summed E-state index contributed by atoms with van der Waals surface area (Å²) in [5.41, 5.74) is 8.29. The number of pyridine rings is 1. The normalized spacial score (nSPS) is 12.0. The molecule has 148 valence electrons. The highest BCUT2D eigenvalue weighted by atomic mass is 32.1. The molecule has 0 fully saturated rings. The monoisotopic (exact) mass is 409 g/mol. The summed E-state index contributed by atoms with van der Waals surface area (Å²) in [5, 5.41) is 13.1.